The maximum Gasteiger partial charge on any atom is 0.308 e. The first-order valence-corrected chi connectivity index (χ1v) is 12.0. The highest BCUT2D eigenvalue weighted by Crippen LogP contribution is 2.24. The van der Waals surface area contributed by atoms with Crippen LogP contribution in [0, 0.1) is 0 Å². The van der Waals surface area contributed by atoms with Crippen LogP contribution in [0.2, 0.25) is 10.0 Å². The summed E-state index contributed by atoms with van der Waals surface area (Å²) in [6.07, 6.45) is 0. The van der Waals surface area contributed by atoms with Gasteiger partial charge in [0.2, 0.25) is 10.0 Å². The molecule has 0 bridgehead atoms. The van der Waals surface area contributed by atoms with Crippen molar-refractivity contribution in [2.24, 2.45) is 0 Å². The molecule has 0 unspecified atom stereocenters. The summed E-state index contributed by atoms with van der Waals surface area (Å²) >= 11 is 13.1. The normalized spacial score (nSPS) is 11.8. The second-order valence-corrected chi connectivity index (χ2v) is 10.2. The van der Waals surface area contributed by atoms with Crippen molar-refractivity contribution >= 4 is 54.8 Å². The maximum absolute atomic E-state index is 12.7. The highest BCUT2D eigenvalue weighted by molar-refractivity contribution is 7.89. The molecular formula is C21H16Cl2N2O3S2. The van der Waals surface area contributed by atoms with Gasteiger partial charge in [0.05, 0.1) is 21.7 Å². The van der Waals surface area contributed by atoms with Crippen LogP contribution in [0.15, 0.2) is 76.4 Å². The van der Waals surface area contributed by atoms with Crippen LogP contribution in [0.25, 0.3) is 10.2 Å². The summed E-state index contributed by atoms with van der Waals surface area (Å²) in [6, 6.07) is 18.9. The smallest absolute Gasteiger partial charge is 0.294 e. The number of sulfonamides is 1. The SMILES string of the molecule is O=c1sc2cc(S(=O)(=O)NCc3ccc(Cl)cc3)ccc2n1Cc1ccccc1Cl. The van der Waals surface area contributed by atoms with Gasteiger partial charge in [-0.2, -0.15) is 0 Å². The van der Waals surface area contributed by atoms with Crippen molar-refractivity contribution in [3.8, 4) is 0 Å². The van der Waals surface area contributed by atoms with E-state index in [1.165, 1.54) is 12.1 Å². The third-order valence-corrected chi connectivity index (χ3v) is 7.58. The Kier molecular flexibility index (Phi) is 5.99. The number of fused-ring (bicyclic) bond motifs is 1. The number of aromatic nitrogens is 1. The van der Waals surface area contributed by atoms with E-state index in [4.69, 9.17) is 23.2 Å². The predicted molar refractivity (Wildman–Crippen MR) is 122 cm³/mol. The summed E-state index contributed by atoms with van der Waals surface area (Å²) in [5.74, 6) is 0. The highest BCUT2D eigenvalue weighted by Gasteiger charge is 2.17. The topological polar surface area (TPSA) is 68.2 Å². The van der Waals surface area contributed by atoms with E-state index in [2.05, 4.69) is 4.72 Å². The van der Waals surface area contributed by atoms with Crippen LogP contribution < -0.4 is 9.60 Å². The van der Waals surface area contributed by atoms with E-state index in [0.717, 1.165) is 22.5 Å². The Morgan fingerprint density at radius 1 is 0.967 bits per heavy atom. The third kappa shape index (κ3) is 4.45. The van der Waals surface area contributed by atoms with E-state index < -0.39 is 10.0 Å². The Bertz CT molecular complexity index is 1380. The van der Waals surface area contributed by atoms with Gasteiger partial charge in [-0.3, -0.25) is 9.36 Å². The number of rotatable bonds is 6. The van der Waals surface area contributed by atoms with Crippen molar-refractivity contribution < 1.29 is 8.42 Å². The zero-order valence-electron chi connectivity index (χ0n) is 15.5. The summed E-state index contributed by atoms with van der Waals surface area (Å²) in [6.45, 7) is 0.459. The Morgan fingerprint density at radius 3 is 2.43 bits per heavy atom. The third-order valence-electron chi connectivity index (χ3n) is 4.62. The molecule has 30 heavy (non-hydrogen) atoms. The van der Waals surface area contributed by atoms with Gasteiger partial charge in [0, 0.05) is 16.6 Å². The fraction of sp³-hybridized carbons (Fsp3) is 0.0952. The van der Waals surface area contributed by atoms with Gasteiger partial charge in [-0.25, -0.2) is 13.1 Å². The first-order chi connectivity index (χ1) is 14.3. The molecule has 1 heterocycles. The summed E-state index contributed by atoms with van der Waals surface area (Å²) in [4.78, 5) is 12.5. The zero-order chi connectivity index (χ0) is 21.3. The average Bonchev–Trinajstić information content (AvgIpc) is 3.04. The molecule has 1 aromatic heterocycles. The molecule has 9 heteroatoms. The number of benzene rings is 3. The number of nitrogens with one attached hydrogen (secondary N) is 1. The van der Waals surface area contributed by atoms with Gasteiger partial charge in [-0.15, -0.1) is 0 Å². The van der Waals surface area contributed by atoms with Crippen molar-refractivity contribution in [1.29, 1.82) is 0 Å². The fourth-order valence-corrected chi connectivity index (χ4v) is 5.39. The number of halogens is 2. The van der Waals surface area contributed by atoms with E-state index in [-0.39, 0.29) is 16.3 Å². The fourth-order valence-electron chi connectivity index (χ4n) is 3.02. The van der Waals surface area contributed by atoms with E-state index >= 15 is 0 Å². The number of hydrogen-bond acceptors (Lipinski definition) is 4. The quantitative estimate of drug-likeness (QED) is 0.428. The predicted octanol–water partition coefficient (Wildman–Crippen LogP) is 4.90. The lowest BCUT2D eigenvalue weighted by molar-refractivity contribution is 0.581. The molecule has 4 aromatic rings. The number of thiazole rings is 1. The molecule has 4 rings (SSSR count). The molecule has 0 atom stereocenters. The first-order valence-electron chi connectivity index (χ1n) is 8.94. The molecule has 0 spiro atoms. The largest absolute Gasteiger partial charge is 0.308 e. The average molecular weight is 479 g/mol. The molecule has 0 aliphatic heterocycles. The van der Waals surface area contributed by atoms with E-state index in [1.54, 1.807) is 41.0 Å². The number of hydrogen-bond donors (Lipinski definition) is 1. The van der Waals surface area contributed by atoms with Crippen LogP contribution in [0.3, 0.4) is 0 Å². The summed E-state index contributed by atoms with van der Waals surface area (Å²) < 4.78 is 30.2. The Hall–Kier alpha value is -2.16. The lowest BCUT2D eigenvalue weighted by atomic mass is 10.2. The molecule has 0 saturated carbocycles. The van der Waals surface area contributed by atoms with E-state index in [9.17, 15) is 13.2 Å². The summed E-state index contributed by atoms with van der Waals surface area (Å²) in [7, 11) is -3.74. The molecule has 0 saturated heterocycles. The molecule has 0 aliphatic carbocycles. The molecule has 5 nitrogen and oxygen atoms in total. The van der Waals surface area contributed by atoms with E-state index in [0.29, 0.717) is 26.8 Å². The number of nitrogens with zero attached hydrogens (tertiary/aromatic N) is 1. The van der Waals surface area contributed by atoms with Crippen molar-refractivity contribution in [2.75, 3.05) is 0 Å². The molecule has 0 radical (unpaired) electrons. The Balaban J connectivity index is 1.61. The second kappa shape index (κ2) is 8.53. The minimum absolute atomic E-state index is 0.107. The minimum atomic E-state index is -3.74. The molecule has 0 aliphatic rings. The monoisotopic (exact) mass is 478 g/mol. The first kappa shape index (κ1) is 21.1. The van der Waals surface area contributed by atoms with Crippen LogP contribution >= 0.6 is 34.5 Å². The maximum atomic E-state index is 12.7. The molecule has 154 valence electrons. The highest BCUT2D eigenvalue weighted by atomic mass is 35.5. The second-order valence-electron chi connectivity index (χ2n) is 6.63. The lowest BCUT2D eigenvalue weighted by Gasteiger charge is -2.09. The Labute approximate surface area is 187 Å². The molecule has 3 aromatic carbocycles. The van der Waals surface area contributed by atoms with Crippen molar-refractivity contribution in [3.63, 3.8) is 0 Å². The van der Waals surface area contributed by atoms with Crippen molar-refractivity contribution in [2.45, 2.75) is 18.0 Å². The molecular weight excluding hydrogens is 463 g/mol. The Morgan fingerprint density at radius 2 is 1.70 bits per heavy atom. The van der Waals surface area contributed by atoms with Gasteiger partial charge < -0.3 is 0 Å². The van der Waals surface area contributed by atoms with Gasteiger partial charge in [0.25, 0.3) is 0 Å². The van der Waals surface area contributed by atoms with Gasteiger partial charge in [-0.1, -0.05) is 64.9 Å². The zero-order valence-corrected chi connectivity index (χ0v) is 18.7. The standard InChI is InChI=1S/C21H16Cl2N2O3S2/c22-16-7-5-14(6-8-16)12-24-30(27,28)17-9-10-19-20(11-17)29-21(26)25(19)13-15-3-1-2-4-18(15)23/h1-11,24H,12-13H2. The van der Waals surface area contributed by atoms with Crippen LogP contribution in [0.1, 0.15) is 11.1 Å². The molecule has 0 fully saturated rings. The van der Waals surface area contributed by atoms with Gasteiger partial charge in [0.15, 0.2) is 0 Å². The van der Waals surface area contributed by atoms with Crippen molar-refractivity contribution in [1.82, 2.24) is 9.29 Å². The van der Waals surface area contributed by atoms with E-state index in [1.807, 2.05) is 18.2 Å². The van der Waals surface area contributed by atoms with Crippen molar-refractivity contribution in [3.05, 3.63) is 97.6 Å². The van der Waals surface area contributed by atoms with Crippen LogP contribution in [0.4, 0.5) is 0 Å². The minimum Gasteiger partial charge on any atom is -0.294 e. The molecule has 1 N–H and O–H groups in total. The summed E-state index contributed by atoms with van der Waals surface area (Å²) in [5, 5.41) is 1.16. The van der Waals surface area contributed by atoms with Gasteiger partial charge >= 0.3 is 4.87 Å². The van der Waals surface area contributed by atoms with Gasteiger partial charge in [0.1, 0.15) is 0 Å². The van der Waals surface area contributed by atoms with Crippen LogP contribution in [-0.2, 0) is 23.1 Å². The lowest BCUT2D eigenvalue weighted by Crippen LogP contribution is -2.23. The summed E-state index contributed by atoms with van der Waals surface area (Å²) in [5.41, 5.74) is 2.28. The van der Waals surface area contributed by atoms with Crippen LogP contribution in [0.5, 0.6) is 0 Å². The molecule has 0 amide bonds. The van der Waals surface area contributed by atoms with Crippen LogP contribution in [-0.4, -0.2) is 13.0 Å². The van der Waals surface area contributed by atoms with Gasteiger partial charge in [-0.05, 0) is 47.5 Å².